The summed E-state index contributed by atoms with van der Waals surface area (Å²) in [6.45, 7) is 6.15. The van der Waals surface area contributed by atoms with Crippen molar-refractivity contribution in [3.8, 4) is 5.75 Å². The molecular formula is C24H26N2O6S. The first-order valence-electron chi connectivity index (χ1n) is 10.4. The molecule has 0 radical (unpaired) electrons. The first-order chi connectivity index (χ1) is 15.6. The van der Waals surface area contributed by atoms with Gasteiger partial charge < -0.3 is 18.8 Å². The van der Waals surface area contributed by atoms with Crippen LogP contribution in [0.5, 0.6) is 5.75 Å². The van der Waals surface area contributed by atoms with Crippen LogP contribution in [0.4, 0.5) is 5.69 Å². The number of benzene rings is 2. The van der Waals surface area contributed by atoms with Gasteiger partial charge in [-0.3, -0.25) is 9.59 Å². The second kappa shape index (κ2) is 10.4. The second-order valence-corrected chi connectivity index (χ2v) is 9.49. The number of anilines is 1. The number of hydrogen-bond donors (Lipinski definition) is 1. The van der Waals surface area contributed by atoms with Gasteiger partial charge in [0.05, 0.1) is 6.26 Å². The van der Waals surface area contributed by atoms with Crippen molar-refractivity contribution in [1.82, 2.24) is 4.90 Å². The van der Waals surface area contributed by atoms with Crippen LogP contribution >= 0.6 is 0 Å². The number of amides is 2. The first-order valence-corrected chi connectivity index (χ1v) is 11.8. The highest BCUT2D eigenvalue weighted by Gasteiger charge is 2.21. The van der Waals surface area contributed by atoms with E-state index in [1.54, 1.807) is 35.2 Å². The maximum atomic E-state index is 12.8. The molecule has 0 unspecified atom stereocenters. The minimum atomic E-state index is -4.08. The molecule has 3 rings (SSSR count). The standard InChI is InChI=1S/C24H26N2O6S/c1-17(2)15-26(24(28)23-8-5-13-31-23)16-19-6-4-7-21(14-19)32-33(29,30)22-11-9-20(10-12-22)25-18(3)27/h4-14,17H,15-16H2,1-3H3,(H,25,27). The van der Waals surface area contributed by atoms with Gasteiger partial charge in [0.2, 0.25) is 5.91 Å². The summed E-state index contributed by atoms with van der Waals surface area (Å²) in [6, 6.07) is 15.5. The van der Waals surface area contributed by atoms with Crippen LogP contribution in [0.15, 0.2) is 76.2 Å². The molecule has 0 aliphatic carbocycles. The molecule has 9 heteroatoms. The third-order valence-corrected chi connectivity index (χ3v) is 5.81. The Hall–Kier alpha value is -3.59. The van der Waals surface area contributed by atoms with Gasteiger partial charge >= 0.3 is 10.1 Å². The smallest absolute Gasteiger partial charge is 0.339 e. The highest BCUT2D eigenvalue weighted by molar-refractivity contribution is 7.87. The Kier molecular flexibility index (Phi) is 7.55. The molecule has 8 nitrogen and oxygen atoms in total. The van der Waals surface area contributed by atoms with Crippen LogP contribution < -0.4 is 9.50 Å². The zero-order valence-electron chi connectivity index (χ0n) is 18.6. The van der Waals surface area contributed by atoms with E-state index in [1.807, 2.05) is 13.8 Å². The predicted octanol–water partition coefficient (Wildman–Crippen LogP) is 4.30. The molecule has 174 valence electrons. The Balaban J connectivity index is 1.76. The lowest BCUT2D eigenvalue weighted by Crippen LogP contribution is -2.33. The number of hydrogen-bond acceptors (Lipinski definition) is 6. The van der Waals surface area contributed by atoms with E-state index in [-0.39, 0.29) is 40.7 Å². The van der Waals surface area contributed by atoms with E-state index >= 15 is 0 Å². The van der Waals surface area contributed by atoms with Crippen molar-refractivity contribution in [2.75, 3.05) is 11.9 Å². The number of nitrogens with one attached hydrogen (secondary N) is 1. The van der Waals surface area contributed by atoms with E-state index in [9.17, 15) is 18.0 Å². The van der Waals surface area contributed by atoms with Gasteiger partial charge in [-0.05, 0) is 60.0 Å². The van der Waals surface area contributed by atoms with Crippen molar-refractivity contribution in [2.45, 2.75) is 32.2 Å². The van der Waals surface area contributed by atoms with Gasteiger partial charge in [-0.2, -0.15) is 8.42 Å². The van der Waals surface area contributed by atoms with Gasteiger partial charge in [-0.15, -0.1) is 0 Å². The van der Waals surface area contributed by atoms with E-state index < -0.39 is 10.1 Å². The fraction of sp³-hybridized carbons (Fsp3) is 0.250. The van der Waals surface area contributed by atoms with Crippen LogP contribution in [0.1, 0.15) is 36.9 Å². The van der Waals surface area contributed by atoms with Crippen LogP contribution in [0.25, 0.3) is 0 Å². The molecule has 3 aromatic rings. The van der Waals surface area contributed by atoms with E-state index in [0.29, 0.717) is 17.8 Å². The molecule has 0 saturated carbocycles. The maximum Gasteiger partial charge on any atom is 0.339 e. The molecule has 0 aliphatic heterocycles. The van der Waals surface area contributed by atoms with Crippen molar-refractivity contribution in [3.63, 3.8) is 0 Å². The van der Waals surface area contributed by atoms with Gasteiger partial charge in [0, 0.05) is 25.7 Å². The molecular weight excluding hydrogens is 444 g/mol. The Bertz CT molecular complexity index is 1200. The van der Waals surface area contributed by atoms with Gasteiger partial charge in [0.1, 0.15) is 10.6 Å². The molecule has 0 spiro atoms. The first kappa shape index (κ1) is 24.1. The van der Waals surface area contributed by atoms with Gasteiger partial charge in [0.15, 0.2) is 5.76 Å². The Labute approximate surface area is 193 Å². The Morgan fingerprint density at radius 2 is 1.79 bits per heavy atom. The number of rotatable bonds is 9. The molecule has 2 aromatic carbocycles. The van der Waals surface area contributed by atoms with E-state index in [4.69, 9.17) is 8.60 Å². The SMILES string of the molecule is CC(=O)Nc1ccc(S(=O)(=O)Oc2cccc(CN(CC(C)C)C(=O)c3ccco3)c2)cc1. The summed E-state index contributed by atoms with van der Waals surface area (Å²) in [5, 5.41) is 2.58. The van der Waals surface area contributed by atoms with Crippen LogP contribution in [-0.2, 0) is 21.5 Å². The van der Waals surface area contributed by atoms with Crippen LogP contribution in [-0.4, -0.2) is 31.7 Å². The van der Waals surface area contributed by atoms with Crippen molar-refractivity contribution >= 4 is 27.6 Å². The largest absolute Gasteiger partial charge is 0.459 e. The van der Waals surface area contributed by atoms with Crippen LogP contribution in [0.3, 0.4) is 0 Å². The minimum absolute atomic E-state index is 0.0450. The third-order valence-electron chi connectivity index (χ3n) is 4.55. The predicted molar refractivity (Wildman–Crippen MR) is 123 cm³/mol. The summed E-state index contributed by atoms with van der Waals surface area (Å²) >= 11 is 0. The summed E-state index contributed by atoms with van der Waals surface area (Å²) in [7, 11) is -4.08. The second-order valence-electron chi connectivity index (χ2n) is 7.95. The topological polar surface area (TPSA) is 106 Å². The van der Waals surface area contributed by atoms with Gasteiger partial charge in [0.25, 0.3) is 5.91 Å². The summed E-state index contributed by atoms with van der Waals surface area (Å²) in [4.78, 5) is 25.6. The zero-order valence-corrected chi connectivity index (χ0v) is 19.5. The molecule has 33 heavy (non-hydrogen) atoms. The lowest BCUT2D eigenvalue weighted by atomic mass is 10.1. The maximum absolute atomic E-state index is 12.8. The molecule has 1 heterocycles. The number of carbonyl (C=O) groups excluding carboxylic acids is 2. The molecule has 0 bridgehead atoms. The van der Waals surface area contributed by atoms with Gasteiger partial charge in [-0.1, -0.05) is 26.0 Å². The lowest BCUT2D eigenvalue weighted by Gasteiger charge is -2.24. The monoisotopic (exact) mass is 470 g/mol. The summed E-state index contributed by atoms with van der Waals surface area (Å²) in [6.07, 6.45) is 1.45. The normalized spacial score (nSPS) is 11.3. The summed E-state index contributed by atoms with van der Waals surface area (Å²) in [5.41, 5.74) is 1.19. The third kappa shape index (κ3) is 6.69. The average Bonchev–Trinajstić information content (AvgIpc) is 3.27. The molecule has 0 fully saturated rings. The Morgan fingerprint density at radius 1 is 1.06 bits per heavy atom. The van der Waals surface area contributed by atoms with E-state index in [0.717, 1.165) is 0 Å². The summed E-state index contributed by atoms with van der Waals surface area (Å²) < 4.78 is 35.9. The molecule has 2 amide bonds. The van der Waals surface area contributed by atoms with E-state index in [2.05, 4.69) is 5.32 Å². The molecule has 0 aliphatic rings. The highest BCUT2D eigenvalue weighted by atomic mass is 32.2. The van der Waals surface area contributed by atoms with E-state index in [1.165, 1.54) is 43.5 Å². The van der Waals surface area contributed by atoms with Gasteiger partial charge in [-0.25, -0.2) is 0 Å². The number of furan rings is 1. The molecule has 0 saturated heterocycles. The van der Waals surface area contributed by atoms with Crippen molar-refractivity contribution < 1.29 is 26.6 Å². The zero-order chi connectivity index (χ0) is 24.0. The minimum Gasteiger partial charge on any atom is -0.459 e. The fourth-order valence-electron chi connectivity index (χ4n) is 3.22. The highest BCUT2D eigenvalue weighted by Crippen LogP contribution is 2.22. The van der Waals surface area contributed by atoms with Crippen molar-refractivity contribution in [2.24, 2.45) is 5.92 Å². The molecule has 0 atom stereocenters. The number of carbonyl (C=O) groups is 2. The quantitative estimate of drug-likeness (QED) is 0.467. The van der Waals surface area contributed by atoms with Crippen LogP contribution in [0, 0.1) is 5.92 Å². The fourth-order valence-corrected chi connectivity index (χ4v) is 4.14. The van der Waals surface area contributed by atoms with Crippen LogP contribution in [0.2, 0.25) is 0 Å². The number of nitrogens with zero attached hydrogens (tertiary/aromatic N) is 1. The average molecular weight is 471 g/mol. The Morgan fingerprint density at radius 3 is 2.39 bits per heavy atom. The summed E-state index contributed by atoms with van der Waals surface area (Å²) in [5.74, 6) is 0.105. The lowest BCUT2D eigenvalue weighted by molar-refractivity contribution is -0.114. The van der Waals surface area contributed by atoms with Crippen molar-refractivity contribution in [1.29, 1.82) is 0 Å². The van der Waals surface area contributed by atoms with Crippen molar-refractivity contribution in [3.05, 3.63) is 78.3 Å². The molecule has 1 N–H and O–H groups in total. The molecule has 1 aromatic heterocycles.